The van der Waals surface area contributed by atoms with Crippen molar-refractivity contribution in [1.82, 2.24) is 0 Å². The maximum atomic E-state index is 11.6. The number of nitrogen functional groups attached to an aromatic ring is 1. The summed E-state index contributed by atoms with van der Waals surface area (Å²) in [6.07, 6.45) is 0. The first-order chi connectivity index (χ1) is 6.65. The maximum Gasteiger partial charge on any atom is 0.126 e. The van der Waals surface area contributed by atoms with Crippen molar-refractivity contribution in [3.63, 3.8) is 0 Å². The number of hydrogen-bond acceptors (Lipinski definition) is 3. The first-order valence-electron chi connectivity index (χ1n) is 4.47. The van der Waals surface area contributed by atoms with Gasteiger partial charge in [0.25, 0.3) is 0 Å². The largest absolute Gasteiger partial charge is 0.399 e. The van der Waals surface area contributed by atoms with Crippen molar-refractivity contribution in [2.24, 2.45) is 0 Å². The number of rotatable bonds is 4. The fraction of sp³-hybridized carbons (Fsp3) is 0.400. The van der Waals surface area contributed by atoms with E-state index < -0.39 is 10.8 Å². The molecule has 78 valence electrons. The Bertz CT molecular complexity index is 339. The second kappa shape index (κ2) is 5.12. The van der Waals surface area contributed by atoms with Gasteiger partial charge in [-0.15, -0.1) is 0 Å². The number of hydrogen-bond donors (Lipinski definition) is 1. The van der Waals surface area contributed by atoms with E-state index in [4.69, 9.17) is 10.5 Å². The van der Waals surface area contributed by atoms with E-state index in [0.29, 0.717) is 6.61 Å². The molecule has 1 aromatic carbocycles. The molecule has 0 spiro atoms. The number of benzene rings is 1. The summed E-state index contributed by atoms with van der Waals surface area (Å²) in [5, 5.41) is 0. The lowest BCUT2D eigenvalue weighted by Crippen LogP contribution is -2.03. The van der Waals surface area contributed by atoms with Gasteiger partial charge in [0.15, 0.2) is 0 Å². The third kappa shape index (κ3) is 2.82. The van der Waals surface area contributed by atoms with Crippen molar-refractivity contribution < 1.29 is 8.95 Å². The average Bonchev–Trinajstić information content (AvgIpc) is 2.18. The second-order valence-electron chi connectivity index (χ2n) is 2.97. The first kappa shape index (κ1) is 11.2. The summed E-state index contributed by atoms with van der Waals surface area (Å²) < 4.78 is 16.7. The molecule has 3 nitrogen and oxygen atoms in total. The van der Waals surface area contributed by atoms with Gasteiger partial charge in [0.05, 0.1) is 10.8 Å². The number of nitrogens with two attached hydrogens (primary N) is 1. The van der Waals surface area contributed by atoms with Gasteiger partial charge < -0.3 is 10.5 Å². The van der Waals surface area contributed by atoms with Crippen LogP contribution in [0, 0.1) is 6.92 Å². The molecule has 0 aromatic heterocycles. The van der Waals surface area contributed by atoms with E-state index >= 15 is 0 Å². The fourth-order valence-corrected chi connectivity index (χ4v) is 2.00. The molecule has 0 aliphatic heterocycles. The van der Waals surface area contributed by atoms with Crippen molar-refractivity contribution in [3.05, 3.63) is 23.8 Å². The van der Waals surface area contributed by atoms with E-state index in [-0.39, 0.29) is 5.94 Å². The molecule has 14 heavy (non-hydrogen) atoms. The zero-order valence-corrected chi connectivity index (χ0v) is 9.26. The zero-order chi connectivity index (χ0) is 10.6. The van der Waals surface area contributed by atoms with Crippen LogP contribution in [0.2, 0.25) is 0 Å². The highest BCUT2D eigenvalue weighted by atomic mass is 32.2. The Labute approximate surface area is 86.7 Å². The normalized spacial score (nSPS) is 12.7. The monoisotopic (exact) mass is 213 g/mol. The minimum atomic E-state index is -1.08. The van der Waals surface area contributed by atoms with Gasteiger partial charge in [-0.25, -0.2) is 0 Å². The van der Waals surface area contributed by atoms with E-state index in [0.717, 1.165) is 16.1 Å². The summed E-state index contributed by atoms with van der Waals surface area (Å²) in [5.74, 6) is 0.250. The van der Waals surface area contributed by atoms with Crippen molar-refractivity contribution >= 4 is 16.5 Å². The first-order valence-corrected chi connectivity index (χ1v) is 5.79. The van der Waals surface area contributed by atoms with Crippen LogP contribution >= 0.6 is 0 Å². The molecule has 2 N–H and O–H groups in total. The Morgan fingerprint density at radius 2 is 2.21 bits per heavy atom. The molecule has 1 rings (SSSR count). The Balaban J connectivity index is 2.76. The number of ether oxygens (including phenoxy) is 1. The second-order valence-corrected chi connectivity index (χ2v) is 4.37. The highest BCUT2D eigenvalue weighted by Gasteiger charge is 2.04. The van der Waals surface area contributed by atoms with Crippen LogP contribution in [0.3, 0.4) is 0 Å². The van der Waals surface area contributed by atoms with Crippen LogP contribution in [0.5, 0.6) is 0 Å². The zero-order valence-electron chi connectivity index (χ0n) is 8.45. The van der Waals surface area contributed by atoms with Crippen LogP contribution in [-0.2, 0) is 15.5 Å². The van der Waals surface area contributed by atoms with Crippen LogP contribution in [-0.4, -0.2) is 16.8 Å². The predicted molar refractivity (Wildman–Crippen MR) is 58.5 cm³/mol. The van der Waals surface area contributed by atoms with E-state index in [1.807, 2.05) is 19.9 Å². The molecule has 0 amide bonds. The lowest BCUT2D eigenvalue weighted by atomic mass is 10.2. The molecule has 0 saturated carbocycles. The molecular weight excluding hydrogens is 198 g/mol. The summed E-state index contributed by atoms with van der Waals surface area (Å²) in [6.45, 7) is 4.36. The van der Waals surface area contributed by atoms with Crippen molar-refractivity contribution in [1.29, 1.82) is 0 Å². The van der Waals surface area contributed by atoms with Crippen LogP contribution in [0.15, 0.2) is 23.1 Å². The summed E-state index contributed by atoms with van der Waals surface area (Å²) in [7, 11) is -1.08. The minimum absolute atomic E-state index is 0.250. The third-order valence-corrected chi connectivity index (χ3v) is 3.06. The Kier molecular flexibility index (Phi) is 4.10. The van der Waals surface area contributed by atoms with Gasteiger partial charge in [0.1, 0.15) is 5.94 Å². The minimum Gasteiger partial charge on any atom is -0.399 e. The van der Waals surface area contributed by atoms with Gasteiger partial charge in [0.2, 0.25) is 0 Å². The van der Waals surface area contributed by atoms with E-state index in [2.05, 4.69) is 0 Å². The molecule has 0 aliphatic carbocycles. The molecule has 0 fully saturated rings. The van der Waals surface area contributed by atoms with E-state index in [1.165, 1.54) is 0 Å². The predicted octanol–water partition coefficient (Wildman–Crippen LogP) is 1.68. The summed E-state index contributed by atoms with van der Waals surface area (Å²) >= 11 is 0. The summed E-state index contributed by atoms with van der Waals surface area (Å²) in [4.78, 5) is 0.769. The summed E-state index contributed by atoms with van der Waals surface area (Å²) in [5.41, 5.74) is 7.33. The molecule has 1 atom stereocenters. The fourth-order valence-electron chi connectivity index (χ4n) is 1.02. The van der Waals surface area contributed by atoms with Crippen molar-refractivity contribution in [3.8, 4) is 0 Å². The highest BCUT2D eigenvalue weighted by Crippen LogP contribution is 2.15. The molecule has 0 heterocycles. The number of anilines is 1. The van der Waals surface area contributed by atoms with Gasteiger partial charge >= 0.3 is 0 Å². The van der Waals surface area contributed by atoms with Gasteiger partial charge in [0, 0.05) is 17.2 Å². The molecule has 0 saturated heterocycles. The number of aryl methyl sites for hydroxylation is 1. The van der Waals surface area contributed by atoms with E-state index in [1.54, 1.807) is 12.1 Å². The SMILES string of the molecule is CCOCS(=O)c1ccc(N)c(C)c1. The Morgan fingerprint density at radius 1 is 1.50 bits per heavy atom. The van der Waals surface area contributed by atoms with E-state index in [9.17, 15) is 4.21 Å². The molecule has 1 aromatic rings. The van der Waals surface area contributed by atoms with Gasteiger partial charge in [-0.1, -0.05) is 0 Å². The lowest BCUT2D eigenvalue weighted by molar-refractivity contribution is 0.196. The topological polar surface area (TPSA) is 52.3 Å². The molecule has 4 heteroatoms. The van der Waals surface area contributed by atoms with Crippen LogP contribution in [0.25, 0.3) is 0 Å². The third-order valence-electron chi connectivity index (χ3n) is 1.90. The molecular formula is C10H15NO2S. The highest BCUT2D eigenvalue weighted by molar-refractivity contribution is 7.84. The van der Waals surface area contributed by atoms with Crippen molar-refractivity contribution in [2.45, 2.75) is 18.7 Å². The molecule has 0 bridgehead atoms. The Morgan fingerprint density at radius 3 is 2.79 bits per heavy atom. The average molecular weight is 213 g/mol. The molecule has 1 unspecified atom stereocenters. The van der Waals surface area contributed by atoms with Crippen LogP contribution in [0.4, 0.5) is 5.69 Å². The molecule has 0 aliphatic rings. The van der Waals surface area contributed by atoms with Crippen LogP contribution < -0.4 is 5.73 Å². The van der Waals surface area contributed by atoms with Crippen molar-refractivity contribution in [2.75, 3.05) is 18.3 Å². The van der Waals surface area contributed by atoms with Gasteiger partial charge in [-0.2, -0.15) is 0 Å². The molecule has 0 radical (unpaired) electrons. The summed E-state index contributed by atoms with van der Waals surface area (Å²) in [6, 6.07) is 5.39. The van der Waals surface area contributed by atoms with Gasteiger partial charge in [-0.05, 0) is 37.6 Å². The standard InChI is InChI=1S/C10H15NO2S/c1-3-13-7-14(12)9-4-5-10(11)8(2)6-9/h4-6H,3,7,11H2,1-2H3. The maximum absolute atomic E-state index is 11.6. The lowest BCUT2D eigenvalue weighted by Gasteiger charge is -2.05. The van der Waals surface area contributed by atoms with Gasteiger partial charge in [-0.3, -0.25) is 4.21 Å². The Hall–Kier alpha value is -0.870. The quantitative estimate of drug-likeness (QED) is 0.774. The van der Waals surface area contributed by atoms with Crippen LogP contribution in [0.1, 0.15) is 12.5 Å². The smallest absolute Gasteiger partial charge is 0.126 e.